The van der Waals surface area contributed by atoms with Crippen LogP contribution in [0.25, 0.3) is 6.08 Å². The van der Waals surface area contributed by atoms with Gasteiger partial charge in [-0.1, -0.05) is 18.2 Å². The summed E-state index contributed by atoms with van der Waals surface area (Å²) in [5, 5.41) is 12.0. The molecule has 0 radical (unpaired) electrons. The first kappa shape index (κ1) is 23.9. The van der Waals surface area contributed by atoms with Gasteiger partial charge in [-0.05, 0) is 48.0 Å². The third kappa shape index (κ3) is 6.40. The largest absolute Gasteiger partial charge is 0.493 e. The van der Waals surface area contributed by atoms with Gasteiger partial charge in [-0.25, -0.2) is 4.79 Å². The third-order valence-corrected chi connectivity index (χ3v) is 4.51. The van der Waals surface area contributed by atoms with E-state index in [-0.39, 0.29) is 30.2 Å². The van der Waals surface area contributed by atoms with Crippen LogP contribution in [-0.4, -0.2) is 32.7 Å². The Morgan fingerprint density at radius 1 is 1.00 bits per heavy atom. The third-order valence-electron chi connectivity index (χ3n) is 4.51. The van der Waals surface area contributed by atoms with Crippen LogP contribution in [0.2, 0.25) is 0 Å². The van der Waals surface area contributed by atoms with E-state index in [0.717, 1.165) is 0 Å². The summed E-state index contributed by atoms with van der Waals surface area (Å²) < 4.78 is 26.4. The molecule has 0 bridgehead atoms. The Kier molecular flexibility index (Phi) is 8.30. The van der Waals surface area contributed by atoms with Crippen molar-refractivity contribution >= 4 is 18.0 Å². The number of nitriles is 1. The lowest BCUT2D eigenvalue weighted by Gasteiger charge is -2.12. The van der Waals surface area contributed by atoms with Gasteiger partial charge in [0.15, 0.2) is 29.6 Å². The zero-order chi connectivity index (χ0) is 24.3. The molecule has 1 aromatic heterocycles. The Hall–Kier alpha value is -4.71. The van der Waals surface area contributed by atoms with Crippen LogP contribution < -0.4 is 24.3 Å². The number of nitrogens with zero attached hydrogens (tertiary/aromatic N) is 1. The van der Waals surface area contributed by atoms with Gasteiger partial charge in [-0.3, -0.25) is 4.79 Å². The number of para-hydroxylation sites is 2. The van der Waals surface area contributed by atoms with Gasteiger partial charge in [0.1, 0.15) is 17.4 Å². The Morgan fingerprint density at radius 3 is 2.44 bits per heavy atom. The van der Waals surface area contributed by atoms with E-state index in [0.29, 0.717) is 22.8 Å². The van der Waals surface area contributed by atoms with Gasteiger partial charge in [0.2, 0.25) is 0 Å². The number of methoxy groups -OCH3 is 2. The molecule has 1 N–H and O–H groups in total. The molecule has 0 unspecified atom stereocenters. The van der Waals surface area contributed by atoms with Crippen molar-refractivity contribution in [2.24, 2.45) is 0 Å². The van der Waals surface area contributed by atoms with Crippen LogP contribution in [0, 0.1) is 11.3 Å². The number of hydrogen-bond donors (Lipinski definition) is 1. The number of esters is 1. The summed E-state index contributed by atoms with van der Waals surface area (Å²) in [6.45, 7) is -0.195. The number of ether oxygens (including phenoxy) is 4. The second-order valence-corrected chi connectivity index (χ2v) is 6.76. The Bertz CT molecular complexity index is 1210. The molecule has 174 valence electrons. The van der Waals surface area contributed by atoms with Crippen molar-refractivity contribution in [3.8, 4) is 29.1 Å². The summed E-state index contributed by atoms with van der Waals surface area (Å²) in [7, 11) is 2.91. The van der Waals surface area contributed by atoms with E-state index in [9.17, 15) is 14.9 Å². The van der Waals surface area contributed by atoms with Crippen LogP contribution in [0.1, 0.15) is 11.3 Å². The van der Waals surface area contributed by atoms with Gasteiger partial charge < -0.3 is 28.7 Å². The number of rotatable bonds is 10. The Labute approximate surface area is 196 Å². The lowest BCUT2D eigenvalue weighted by atomic mass is 10.1. The van der Waals surface area contributed by atoms with Crippen LogP contribution in [-0.2, 0) is 16.1 Å². The molecule has 0 saturated carbocycles. The van der Waals surface area contributed by atoms with Gasteiger partial charge in [0, 0.05) is 0 Å². The maximum Gasteiger partial charge on any atom is 0.349 e. The first-order valence-corrected chi connectivity index (χ1v) is 10.1. The monoisotopic (exact) mass is 462 g/mol. The second kappa shape index (κ2) is 11.8. The zero-order valence-electron chi connectivity index (χ0n) is 18.6. The highest BCUT2D eigenvalue weighted by Crippen LogP contribution is 2.30. The smallest absolute Gasteiger partial charge is 0.349 e. The average Bonchev–Trinajstić information content (AvgIpc) is 3.39. The number of furan rings is 1. The molecule has 3 rings (SSSR count). The molecule has 34 heavy (non-hydrogen) atoms. The van der Waals surface area contributed by atoms with Crippen molar-refractivity contribution in [2.45, 2.75) is 6.54 Å². The van der Waals surface area contributed by atoms with E-state index < -0.39 is 11.9 Å². The molecule has 0 aliphatic rings. The summed E-state index contributed by atoms with van der Waals surface area (Å²) >= 11 is 0. The number of carbonyl (C=O) groups is 2. The van der Waals surface area contributed by atoms with E-state index in [1.54, 1.807) is 48.5 Å². The Balaban J connectivity index is 1.65. The van der Waals surface area contributed by atoms with E-state index in [1.807, 2.05) is 6.07 Å². The number of hydrogen-bond acceptors (Lipinski definition) is 8. The number of carbonyl (C=O) groups excluding carboxylic acids is 2. The Morgan fingerprint density at radius 2 is 1.76 bits per heavy atom. The topological polar surface area (TPSA) is 120 Å². The van der Waals surface area contributed by atoms with Crippen molar-refractivity contribution in [1.82, 2.24) is 5.32 Å². The fourth-order valence-corrected chi connectivity index (χ4v) is 2.88. The fraction of sp³-hybridized carbons (Fsp3) is 0.160. The molecular weight excluding hydrogens is 440 g/mol. The highest BCUT2D eigenvalue weighted by molar-refractivity contribution is 6.01. The highest BCUT2D eigenvalue weighted by atomic mass is 16.6. The molecule has 9 nitrogen and oxygen atoms in total. The minimum Gasteiger partial charge on any atom is -0.493 e. The molecule has 9 heteroatoms. The highest BCUT2D eigenvalue weighted by Gasteiger charge is 2.14. The fourth-order valence-electron chi connectivity index (χ4n) is 2.88. The van der Waals surface area contributed by atoms with Gasteiger partial charge in [-0.2, -0.15) is 5.26 Å². The standard InChI is InChI=1S/C25H22N2O7/c1-30-20-7-3-4-8-21(20)33-16-24(28)34-22-10-9-17(13-23(22)31-2)12-18(14-26)25(29)27-15-19-6-5-11-32-19/h3-13H,15-16H2,1-2H3,(H,27,29)/b18-12+. The van der Waals surface area contributed by atoms with Crippen LogP contribution in [0.5, 0.6) is 23.0 Å². The molecular formula is C25H22N2O7. The maximum absolute atomic E-state index is 12.3. The molecule has 1 heterocycles. The predicted molar refractivity (Wildman–Crippen MR) is 121 cm³/mol. The summed E-state index contributed by atoms with van der Waals surface area (Å²) in [6.07, 6.45) is 2.89. The minimum atomic E-state index is -0.650. The molecule has 3 aromatic rings. The normalized spacial score (nSPS) is 10.7. The lowest BCUT2D eigenvalue weighted by molar-refractivity contribution is -0.136. The van der Waals surface area contributed by atoms with Crippen molar-refractivity contribution in [3.05, 3.63) is 77.8 Å². The number of nitrogens with one attached hydrogen (secondary N) is 1. The van der Waals surface area contributed by atoms with Crippen molar-refractivity contribution < 1.29 is 33.0 Å². The maximum atomic E-state index is 12.3. The van der Waals surface area contributed by atoms with Gasteiger partial charge >= 0.3 is 5.97 Å². The molecule has 0 aliphatic heterocycles. The SMILES string of the molecule is COc1ccccc1OCC(=O)Oc1ccc(/C=C(\C#N)C(=O)NCc2ccco2)cc1OC. The number of benzene rings is 2. The molecule has 0 aliphatic carbocycles. The predicted octanol–water partition coefficient (Wildman–Crippen LogP) is 3.50. The summed E-state index contributed by atoms with van der Waals surface area (Å²) in [4.78, 5) is 24.6. The molecule has 0 fully saturated rings. The van der Waals surface area contributed by atoms with Crippen LogP contribution in [0.15, 0.2) is 70.9 Å². The second-order valence-electron chi connectivity index (χ2n) is 6.76. The quantitative estimate of drug-likeness (QED) is 0.210. The first-order valence-electron chi connectivity index (χ1n) is 10.1. The van der Waals surface area contributed by atoms with E-state index >= 15 is 0 Å². The van der Waals surface area contributed by atoms with Crippen molar-refractivity contribution in [1.29, 1.82) is 5.26 Å². The average molecular weight is 462 g/mol. The van der Waals surface area contributed by atoms with Crippen molar-refractivity contribution in [2.75, 3.05) is 20.8 Å². The van der Waals surface area contributed by atoms with Crippen LogP contribution >= 0.6 is 0 Å². The molecule has 1 amide bonds. The van der Waals surface area contributed by atoms with E-state index in [2.05, 4.69) is 5.32 Å². The van der Waals surface area contributed by atoms with Gasteiger partial charge in [0.25, 0.3) is 5.91 Å². The first-order chi connectivity index (χ1) is 16.5. The van der Waals surface area contributed by atoms with Crippen molar-refractivity contribution in [3.63, 3.8) is 0 Å². The molecule has 0 saturated heterocycles. The van der Waals surface area contributed by atoms with Crippen LogP contribution in [0.4, 0.5) is 0 Å². The summed E-state index contributed by atoms with van der Waals surface area (Å²) in [5.41, 5.74) is 0.398. The minimum absolute atomic E-state index is 0.108. The lowest BCUT2D eigenvalue weighted by Crippen LogP contribution is -2.23. The van der Waals surface area contributed by atoms with E-state index in [1.165, 1.54) is 32.6 Å². The van der Waals surface area contributed by atoms with E-state index in [4.69, 9.17) is 23.4 Å². The number of amides is 1. The molecule has 2 aromatic carbocycles. The zero-order valence-corrected chi connectivity index (χ0v) is 18.6. The molecule has 0 spiro atoms. The molecule has 0 atom stereocenters. The van der Waals surface area contributed by atoms with Crippen LogP contribution in [0.3, 0.4) is 0 Å². The van der Waals surface area contributed by atoms with Gasteiger partial charge in [0.05, 0.1) is 27.0 Å². The van der Waals surface area contributed by atoms with Gasteiger partial charge in [-0.15, -0.1) is 0 Å². The summed E-state index contributed by atoms with van der Waals surface area (Å²) in [5.74, 6) is 0.661. The summed E-state index contributed by atoms with van der Waals surface area (Å²) in [6, 6.07) is 16.8.